The number of benzene rings is 1. The van der Waals surface area contributed by atoms with Gasteiger partial charge in [0.25, 0.3) is 5.91 Å². The van der Waals surface area contributed by atoms with Crippen molar-refractivity contribution in [3.05, 3.63) is 41.1 Å². The Kier molecular flexibility index (Phi) is 5.10. The Bertz CT molecular complexity index is 826. The fraction of sp³-hybridized carbons (Fsp3) is 0.353. The summed E-state index contributed by atoms with van der Waals surface area (Å²) in [5.41, 5.74) is 0.0963. The summed E-state index contributed by atoms with van der Waals surface area (Å²) in [6.45, 7) is 2.68. The van der Waals surface area contributed by atoms with E-state index >= 15 is 0 Å². The Labute approximate surface area is 149 Å². The first-order valence-electron chi connectivity index (χ1n) is 8.20. The van der Waals surface area contributed by atoms with E-state index < -0.39 is 23.9 Å². The number of halogens is 2. The smallest absolute Gasteiger partial charge is 0.257 e. The largest absolute Gasteiger partial charge is 0.361 e. The van der Waals surface area contributed by atoms with Crippen molar-refractivity contribution >= 4 is 11.7 Å². The van der Waals surface area contributed by atoms with Crippen LogP contribution in [0.2, 0.25) is 0 Å². The highest BCUT2D eigenvalue weighted by molar-refractivity contribution is 6.02. The van der Waals surface area contributed by atoms with Gasteiger partial charge < -0.3 is 15.7 Å². The molecule has 1 unspecified atom stereocenters. The molecule has 26 heavy (non-hydrogen) atoms. The van der Waals surface area contributed by atoms with Crippen LogP contribution in [-0.4, -0.2) is 45.8 Å². The normalized spacial score (nSPS) is 14.3. The molecule has 7 nitrogen and oxygen atoms in total. The monoisotopic (exact) mass is 363 g/mol. The number of amides is 1. The number of hydrogen-bond donors (Lipinski definition) is 3. The number of anilines is 1. The third-order valence-electron chi connectivity index (χ3n) is 4.07. The zero-order valence-corrected chi connectivity index (χ0v) is 14.4. The van der Waals surface area contributed by atoms with Crippen molar-refractivity contribution in [1.82, 2.24) is 20.2 Å². The molecule has 0 fully saturated rings. The lowest BCUT2D eigenvalue weighted by Crippen LogP contribution is -2.39. The second kappa shape index (κ2) is 7.30. The molecular weight excluding hydrogens is 344 g/mol. The van der Waals surface area contributed by atoms with Gasteiger partial charge in [-0.15, -0.1) is 0 Å². The van der Waals surface area contributed by atoms with Gasteiger partial charge in [-0.25, -0.2) is 18.7 Å². The second-order valence-electron chi connectivity index (χ2n) is 6.00. The van der Waals surface area contributed by atoms with E-state index in [2.05, 4.69) is 20.6 Å². The third kappa shape index (κ3) is 3.35. The fourth-order valence-corrected chi connectivity index (χ4v) is 2.76. The molecule has 0 spiro atoms. The number of aliphatic hydroxyl groups is 1. The maximum atomic E-state index is 14.1. The molecule has 0 saturated carbocycles. The predicted molar refractivity (Wildman–Crippen MR) is 91.1 cm³/mol. The van der Waals surface area contributed by atoms with Crippen molar-refractivity contribution in [3.63, 3.8) is 0 Å². The molecule has 0 saturated heterocycles. The minimum Gasteiger partial charge on any atom is -0.361 e. The first-order chi connectivity index (χ1) is 12.4. The second-order valence-corrected chi connectivity index (χ2v) is 6.00. The number of carbonyl (C=O) groups excluding carboxylic acids is 1. The van der Waals surface area contributed by atoms with Crippen LogP contribution in [0.3, 0.4) is 0 Å². The van der Waals surface area contributed by atoms with Crippen LogP contribution >= 0.6 is 0 Å². The molecule has 1 aromatic carbocycles. The van der Waals surface area contributed by atoms with Crippen LogP contribution in [0.25, 0.3) is 11.4 Å². The molecule has 3 rings (SSSR count). The van der Waals surface area contributed by atoms with Crippen molar-refractivity contribution in [1.29, 1.82) is 0 Å². The first kappa shape index (κ1) is 18.2. The number of hydrogen-bond acceptors (Lipinski definition) is 6. The summed E-state index contributed by atoms with van der Waals surface area (Å²) >= 11 is 0. The van der Waals surface area contributed by atoms with Gasteiger partial charge in [-0.1, -0.05) is 13.0 Å². The lowest BCUT2D eigenvalue weighted by molar-refractivity contribution is 0.0460. The molecule has 1 aliphatic heterocycles. The van der Waals surface area contributed by atoms with Gasteiger partial charge in [0.05, 0.1) is 17.8 Å². The van der Waals surface area contributed by atoms with Crippen LogP contribution in [0.5, 0.6) is 0 Å². The van der Waals surface area contributed by atoms with Gasteiger partial charge >= 0.3 is 0 Å². The van der Waals surface area contributed by atoms with Gasteiger partial charge in [0, 0.05) is 6.54 Å². The maximum absolute atomic E-state index is 14.1. The summed E-state index contributed by atoms with van der Waals surface area (Å²) in [6.07, 6.45) is -0.316. The topological polar surface area (TPSA) is 90.4 Å². The third-order valence-corrected chi connectivity index (χ3v) is 4.07. The van der Waals surface area contributed by atoms with Crippen LogP contribution in [-0.2, 0) is 6.54 Å². The van der Waals surface area contributed by atoms with Crippen LogP contribution in [0.1, 0.15) is 29.4 Å². The minimum absolute atomic E-state index is 0.0260. The summed E-state index contributed by atoms with van der Waals surface area (Å²) in [7, 11) is 1.69. The van der Waals surface area contributed by atoms with Crippen LogP contribution in [0.4, 0.5) is 14.6 Å². The van der Waals surface area contributed by atoms with E-state index in [9.17, 15) is 18.7 Å². The van der Waals surface area contributed by atoms with Gasteiger partial charge in [-0.2, -0.15) is 0 Å². The minimum atomic E-state index is -1.12. The number of nitrogens with one attached hydrogen (secondary N) is 2. The summed E-state index contributed by atoms with van der Waals surface area (Å²) in [6, 6.07) is 3.46. The lowest BCUT2D eigenvalue weighted by Gasteiger charge is -2.24. The van der Waals surface area contributed by atoms with Gasteiger partial charge in [-0.05, 0) is 25.6 Å². The number of aromatic nitrogens is 2. The van der Waals surface area contributed by atoms with Gasteiger partial charge in [0.15, 0.2) is 12.2 Å². The van der Waals surface area contributed by atoms with E-state index in [-0.39, 0.29) is 29.3 Å². The molecular formula is C17H19F2N5O2. The Balaban J connectivity index is 2.06. The maximum Gasteiger partial charge on any atom is 0.257 e. The lowest BCUT2D eigenvalue weighted by atomic mass is 10.1. The van der Waals surface area contributed by atoms with E-state index in [4.69, 9.17) is 0 Å². The summed E-state index contributed by atoms with van der Waals surface area (Å²) < 4.78 is 28.2. The highest BCUT2D eigenvalue weighted by Crippen LogP contribution is 2.29. The quantitative estimate of drug-likeness (QED) is 0.677. The molecule has 0 radical (unpaired) electrons. The number of rotatable bonds is 6. The summed E-state index contributed by atoms with van der Waals surface area (Å²) in [4.78, 5) is 21.9. The molecule has 0 aliphatic carbocycles. The average Bonchev–Trinajstić information content (AvgIpc) is 2.96. The predicted octanol–water partition coefficient (Wildman–Crippen LogP) is 1.69. The summed E-state index contributed by atoms with van der Waals surface area (Å²) in [5.74, 6) is -2.19. The molecule has 1 atom stereocenters. The van der Waals surface area contributed by atoms with E-state index in [1.165, 1.54) is 6.07 Å². The van der Waals surface area contributed by atoms with Crippen LogP contribution in [0.15, 0.2) is 18.2 Å². The van der Waals surface area contributed by atoms with E-state index in [0.29, 0.717) is 12.2 Å². The van der Waals surface area contributed by atoms with Crippen LogP contribution < -0.4 is 10.6 Å². The zero-order chi connectivity index (χ0) is 18.8. The molecule has 0 bridgehead atoms. The van der Waals surface area contributed by atoms with Crippen molar-refractivity contribution < 1.29 is 18.7 Å². The van der Waals surface area contributed by atoms with E-state index in [1.807, 2.05) is 6.92 Å². The van der Waals surface area contributed by atoms with E-state index in [1.54, 1.807) is 11.9 Å². The van der Waals surface area contributed by atoms with E-state index in [0.717, 1.165) is 18.6 Å². The number of aliphatic hydroxyl groups excluding tert-OH is 1. The van der Waals surface area contributed by atoms with Gasteiger partial charge in [0.1, 0.15) is 23.0 Å². The molecule has 2 aromatic rings. The van der Waals surface area contributed by atoms with Crippen LogP contribution in [0, 0.1) is 11.6 Å². The molecule has 1 aliphatic rings. The molecule has 1 aromatic heterocycles. The van der Waals surface area contributed by atoms with Crippen molar-refractivity contribution in [2.75, 3.05) is 18.9 Å². The Hall–Kier alpha value is -2.65. The number of nitrogens with zero attached hydrogens (tertiary/aromatic N) is 3. The number of carbonyl (C=O) groups is 1. The first-order valence-corrected chi connectivity index (χ1v) is 8.20. The van der Waals surface area contributed by atoms with Crippen molar-refractivity contribution in [2.45, 2.75) is 26.2 Å². The average molecular weight is 363 g/mol. The molecule has 3 N–H and O–H groups in total. The molecule has 2 heterocycles. The highest BCUT2D eigenvalue weighted by Gasteiger charge is 2.29. The van der Waals surface area contributed by atoms with Gasteiger partial charge in [-0.3, -0.25) is 9.69 Å². The SMILES string of the molecule is CCCN(C)C(O)Nc1nc(-c2c(F)cccc2F)nc2c1C(=O)NC2. The molecule has 1 amide bonds. The fourth-order valence-electron chi connectivity index (χ4n) is 2.76. The van der Waals surface area contributed by atoms with Gasteiger partial charge in [0.2, 0.25) is 0 Å². The Morgan fingerprint density at radius 2 is 2.00 bits per heavy atom. The summed E-state index contributed by atoms with van der Waals surface area (Å²) in [5, 5.41) is 15.6. The molecule has 9 heteroatoms. The van der Waals surface area contributed by atoms with Crippen molar-refractivity contribution in [3.8, 4) is 11.4 Å². The highest BCUT2D eigenvalue weighted by atomic mass is 19.1. The molecule has 138 valence electrons. The standard InChI is InChI=1S/C17H19F2N5O2/c1-3-7-24(2)17(26)23-15-13-11(8-20-16(13)25)21-14(22-15)12-9(18)5-4-6-10(12)19/h4-6,17,26H,3,7-8H2,1-2H3,(H,20,25)(H,21,22,23). The zero-order valence-electron chi connectivity index (χ0n) is 14.4. The number of fused-ring (bicyclic) bond motifs is 1. The Morgan fingerprint density at radius 3 is 2.65 bits per heavy atom. The van der Waals surface area contributed by atoms with Crippen molar-refractivity contribution in [2.24, 2.45) is 0 Å². The Morgan fingerprint density at radius 1 is 1.31 bits per heavy atom.